The first-order valence-electron chi connectivity index (χ1n) is 5.85. The third kappa shape index (κ3) is 3.33. The Labute approximate surface area is 120 Å². The lowest BCUT2D eigenvalue weighted by molar-refractivity contribution is -0.200. The van der Waals surface area contributed by atoms with Crippen molar-refractivity contribution in [1.29, 1.82) is 0 Å². The molecular formula is C14H8F6O2. The molecule has 0 saturated heterocycles. The number of hydrogen-bond donors (Lipinski definition) is 1. The van der Waals surface area contributed by atoms with Crippen LogP contribution in [0.3, 0.4) is 0 Å². The van der Waals surface area contributed by atoms with E-state index in [9.17, 15) is 26.3 Å². The highest BCUT2D eigenvalue weighted by atomic mass is 19.3. The summed E-state index contributed by atoms with van der Waals surface area (Å²) in [5.41, 5.74) is -0.646. The molecule has 8 heteroatoms. The second kappa shape index (κ2) is 5.88. The Morgan fingerprint density at radius 1 is 0.909 bits per heavy atom. The SMILES string of the molecule is OCC(F)(F)Oc1ccc(-c2cc(F)c(F)c(F)c2)c(F)c1. The molecule has 22 heavy (non-hydrogen) atoms. The van der Waals surface area contributed by atoms with Crippen molar-refractivity contribution in [1.82, 2.24) is 0 Å². The van der Waals surface area contributed by atoms with Gasteiger partial charge in [0.05, 0.1) is 0 Å². The van der Waals surface area contributed by atoms with Crippen LogP contribution in [0.5, 0.6) is 5.75 Å². The summed E-state index contributed by atoms with van der Waals surface area (Å²) in [6, 6.07) is 3.54. The van der Waals surface area contributed by atoms with Gasteiger partial charge in [-0.25, -0.2) is 17.6 Å². The van der Waals surface area contributed by atoms with Crippen LogP contribution in [0.15, 0.2) is 30.3 Å². The number of ether oxygens (including phenoxy) is 1. The topological polar surface area (TPSA) is 29.5 Å². The average Bonchev–Trinajstić information content (AvgIpc) is 2.44. The molecule has 118 valence electrons. The molecular weight excluding hydrogens is 314 g/mol. The molecule has 0 radical (unpaired) electrons. The van der Waals surface area contributed by atoms with Crippen molar-refractivity contribution >= 4 is 0 Å². The molecule has 0 aliphatic heterocycles. The summed E-state index contributed by atoms with van der Waals surface area (Å²) in [6.45, 7) is -1.61. The third-order valence-electron chi connectivity index (χ3n) is 2.69. The Bertz CT molecular complexity index is 679. The van der Waals surface area contributed by atoms with E-state index in [1.54, 1.807) is 0 Å². The van der Waals surface area contributed by atoms with Crippen LogP contribution in [-0.4, -0.2) is 17.8 Å². The van der Waals surface area contributed by atoms with Gasteiger partial charge in [0.15, 0.2) is 17.5 Å². The molecule has 0 atom stereocenters. The zero-order valence-electron chi connectivity index (χ0n) is 10.7. The minimum atomic E-state index is -3.90. The van der Waals surface area contributed by atoms with Crippen molar-refractivity contribution in [2.45, 2.75) is 6.11 Å². The highest BCUT2D eigenvalue weighted by Gasteiger charge is 2.30. The smallest absolute Gasteiger partial charge is 0.421 e. The number of aliphatic hydroxyl groups is 1. The second-order valence-electron chi connectivity index (χ2n) is 4.29. The molecule has 0 bridgehead atoms. The normalized spacial score (nSPS) is 11.6. The minimum absolute atomic E-state index is 0.311. The number of alkyl halides is 2. The van der Waals surface area contributed by atoms with E-state index in [1.807, 2.05) is 0 Å². The largest absolute Gasteiger partial charge is 0.431 e. The van der Waals surface area contributed by atoms with Gasteiger partial charge in [-0.2, -0.15) is 8.78 Å². The first-order chi connectivity index (χ1) is 10.2. The molecule has 0 saturated carbocycles. The number of hydrogen-bond acceptors (Lipinski definition) is 2. The fourth-order valence-electron chi connectivity index (χ4n) is 1.71. The number of benzene rings is 2. The van der Waals surface area contributed by atoms with E-state index < -0.39 is 41.7 Å². The summed E-state index contributed by atoms with van der Waals surface area (Å²) < 4.78 is 82.6. The molecule has 0 aromatic heterocycles. The number of halogens is 6. The van der Waals surface area contributed by atoms with E-state index in [0.29, 0.717) is 18.2 Å². The van der Waals surface area contributed by atoms with Gasteiger partial charge in [0, 0.05) is 11.6 Å². The fourth-order valence-corrected chi connectivity index (χ4v) is 1.71. The number of aliphatic hydroxyl groups excluding tert-OH is 1. The van der Waals surface area contributed by atoms with Crippen molar-refractivity contribution in [3.8, 4) is 16.9 Å². The van der Waals surface area contributed by atoms with Gasteiger partial charge < -0.3 is 9.84 Å². The second-order valence-corrected chi connectivity index (χ2v) is 4.29. The minimum Gasteiger partial charge on any atom is -0.431 e. The fraction of sp³-hybridized carbons (Fsp3) is 0.143. The van der Waals surface area contributed by atoms with Crippen LogP contribution in [0, 0.1) is 23.3 Å². The van der Waals surface area contributed by atoms with E-state index in [-0.39, 0.29) is 11.1 Å². The zero-order chi connectivity index (χ0) is 16.5. The maximum absolute atomic E-state index is 13.9. The Morgan fingerprint density at radius 2 is 1.50 bits per heavy atom. The summed E-state index contributed by atoms with van der Waals surface area (Å²) in [4.78, 5) is 0. The molecule has 0 unspecified atom stereocenters. The molecule has 2 aromatic carbocycles. The lowest BCUT2D eigenvalue weighted by Crippen LogP contribution is -2.29. The van der Waals surface area contributed by atoms with Crippen LogP contribution in [0.2, 0.25) is 0 Å². The maximum atomic E-state index is 13.9. The van der Waals surface area contributed by atoms with E-state index >= 15 is 0 Å². The van der Waals surface area contributed by atoms with E-state index in [4.69, 9.17) is 5.11 Å². The van der Waals surface area contributed by atoms with Crippen molar-refractivity contribution < 1.29 is 36.2 Å². The first kappa shape index (κ1) is 16.2. The van der Waals surface area contributed by atoms with Crippen LogP contribution in [0.25, 0.3) is 11.1 Å². The van der Waals surface area contributed by atoms with Crippen LogP contribution in [-0.2, 0) is 0 Å². The molecule has 0 spiro atoms. The Hall–Kier alpha value is -2.22. The van der Waals surface area contributed by atoms with Gasteiger partial charge in [0.1, 0.15) is 18.2 Å². The summed E-state index contributed by atoms with van der Waals surface area (Å²) in [6.07, 6.45) is -3.90. The summed E-state index contributed by atoms with van der Waals surface area (Å²) in [5.74, 6) is -6.44. The van der Waals surface area contributed by atoms with Crippen LogP contribution in [0.4, 0.5) is 26.3 Å². The highest BCUT2D eigenvalue weighted by Crippen LogP contribution is 2.30. The van der Waals surface area contributed by atoms with Crippen LogP contribution >= 0.6 is 0 Å². The van der Waals surface area contributed by atoms with E-state index in [0.717, 1.165) is 12.1 Å². The zero-order valence-corrected chi connectivity index (χ0v) is 10.7. The van der Waals surface area contributed by atoms with Crippen molar-refractivity contribution in [3.05, 3.63) is 53.6 Å². The molecule has 0 aliphatic carbocycles. The van der Waals surface area contributed by atoms with Gasteiger partial charge >= 0.3 is 6.11 Å². The predicted octanol–water partition coefficient (Wildman–Crippen LogP) is 3.87. The first-order valence-corrected chi connectivity index (χ1v) is 5.85. The van der Waals surface area contributed by atoms with Crippen LogP contribution < -0.4 is 4.74 Å². The van der Waals surface area contributed by atoms with Gasteiger partial charge in [-0.05, 0) is 29.8 Å². The van der Waals surface area contributed by atoms with Gasteiger partial charge in [-0.1, -0.05) is 0 Å². The summed E-state index contributed by atoms with van der Waals surface area (Å²) in [5, 5.41) is 8.36. The van der Waals surface area contributed by atoms with Crippen molar-refractivity contribution in [3.63, 3.8) is 0 Å². The lowest BCUT2D eigenvalue weighted by Gasteiger charge is -2.16. The molecule has 1 N–H and O–H groups in total. The quantitative estimate of drug-likeness (QED) is 0.684. The summed E-state index contributed by atoms with van der Waals surface area (Å²) >= 11 is 0. The monoisotopic (exact) mass is 322 g/mol. The highest BCUT2D eigenvalue weighted by molar-refractivity contribution is 5.65. The molecule has 2 rings (SSSR count). The summed E-state index contributed by atoms with van der Waals surface area (Å²) in [7, 11) is 0. The molecule has 0 amide bonds. The van der Waals surface area contributed by atoms with Gasteiger partial charge in [0.25, 0.3) is 0 Å². The van der Waals surface area contributed by atoms with E-state index in [2.05, 4.69) is 4.74 Å². The Balaban J connectivity index is 2.38. The molecule has 0 aliphatic rings. The van der Waals surface area contributed by atoms with Crippen molar-refractivity contribution in [2.75, 3.05) is 6.61 Å². The van der Waals surface area contributed by atoms with Gasteiger partial charge in [0.2, 0.25) is 0 Å². The molecule has 0 fully saturated rings. The predicted molar refractivity (Wildman–Crippen MR) is 64.4 cm³/mol. The molecule has 2 aromatic rings. The van der Waals surface area contributed by atoms with Gasteiger partial charge in [-0.15, -0.1) is 0 Å². The third-order valence-corrected chi connectivity index (χ3v) is 2.69. The maximum Gasteiger partial charge on any atom is 0.421 e. The van der Waals surface area contributed by atoms with Crippen LogP contribution in [0.1, 0.15) is 0 Å². The molecule has 2 nitrogen and oxygen atoms in total. The molecule has 0 heterocycles. The van der Waals surface area contributed by atoms with Gasteiger partial charge in [-0.3, -0.25) is 0 Å². The standard InChI is InChI=1S/C14H8F6O2/c15-10-5-8(22-14(19,20)6-21)1-2-9(10)7-3-11(16)13(18)12(17)4-7/h1-5,21H,6H2. The number of rotatable bonds is 4. The lowest BCUT2D eigenvalue weighted by atomic mass is 10.0. The van der Waals surface area contributed by atoms with E-state index in [1.165, 1.54) is 0 Å². The van der Waals surface area contributed by atoms with Crippen molar-refractivity contribution in [2.24, 2.45) is 0 Å². The Kier molecular flexibility index (Phi) is 4.32. The Morgan fingerprint density at radius 3 is 2.00 bits per heavy atom. The average molecular weight is 322 g/mol.